The first kappa shape index (κ1) is 18.4. The first-order valence-electron chi connectivity index (χ1n) is 8.66. The topological polar surface area (TPSA) is 64.8 Å². The lowest BCUT2D eigenvalue weighted by atomic mass is 9.93. The molecule has 5 nitrogen and oxygen atoms in total. The minimum atomic E-state index is -0.188. The van der Waals surface area contributed by atoms with Crippen molar-refractivity contribution in [2.45, 2.75) is 19.3 Å². The van der Waals surface area contributed by atoms with Crippen LogP contribution in [0.25, 0.3) is 0 Å². The van der Waals surface area contributed by atoms with Gasteiger partial charge in [-0.3, -0.25) is 4.79 Å². The van der Waals surface area contributed by atoms with Crippen LogP contribution >= 0.6 is 12.4 Å². The summed E-state index contributed by atoms with van der Waals surface area (Å²) in [5.74, 6) is 1.55. The summed E-state index contributed by atoms with van der Waals surface area (Å²) in [5, 5.41) is 0. The van der Waals surface area contributed by atoms with E-state index in [4.69, 9.17) is 15.2 Å². The third-order valence-corrected chi connectivity index (χ3v) is 5.08. The molecule has 2 aromatic carbocycles. The Balaban J connectivity index is 0.00000196. The number of hydrogen-bond donors (Lipinski definition) is 1. The summed E-state index contributed by atoms with van der Waals surface area (Å²) < 4.78 is 11.1. The summed E-state index contributed by atoms with van der Waals surface area (Å²) in [4.78, 5) is 15.0. The van der Waals surface area contributed by atoms with Crippen LogP contribution < -0.4 is 20.1 Å². The minimum absolute atomic E-state index is 0. The summed E-state index contributed by atoms with van der Waals surface area (Å²) in [5.41, 5.74) is 9.93. The Labute approximate surface area is 159 Å². The second-order valence-corrected chi connectivity index (χ2v) is 6.62. The lowest BCUT2D eigenvalue weighted by molar-refractivity contribution is -0.123. The van der Waals surface area contributed by atoms with Gasteiger partial charge < -0.3 is 20.1 Å². The van der Waals surface area contributed by atoms with Gasteiger partial charge in [0.1, 0.15) is 18.1 Å². The average Bonchev–Trinajstić information content (AvgIpc) is 2.66. The second-order valence-electron chi connectivity index (χ2n) is 6.62. The van der Waals surface area contributed by atoms with Gasteiger partial charge in [-0.25, -0.2) is 0 Å². The molecule has 2 N–H and O–H groups in total. The number of nitrogen functional groups attached to an aromatic ring is 1. The number of nitrogens with two attached hydrogens (primary N) is 1. The SMILES string of the molecule is COc1ccc2c(c1)CC(C(=O)N1CCCc3c(N)cccc31)CO2.Cl. The molecule has 2 aromatic rings. The number of rotatable bonds is 2. The van der Waals surface area contributed by atoms with Crippen molar-refractivity contribution in [3.8, 4) is 11.5 Å². The average molecular weight is 375 g/mol. The molecule has 138 valence electrons. The van der Waals surface area contributed by atoms with E-state index in [1.54, 1.807) is 7.11 Å². The number of carbonyl (C=O) groups excluding carboxylic acids is 1. The number of amides is 1. The molecule has 2 aliphatic rings. The summed E-state index contributed by atoms with van der Waals surface area (Å²) in [6.07, 6.45) is 2.53. The van der Waals surface area contributed by atoms with Crippen molar-refractivity contribution in [3.05, 3.63) is 47.5 Å². The number of benzene rings is 2. The molecule has 1 unspecified atom stereocenters. The van der Waals surface area contributed by atoms with Crippen LogP contribution in [-0.4, -0.2) is 26.2 Å². The number of methoxy groups -OCH3 is 1. The smallest absolute Gasteiger partial charge is 0.233 e. The van der Waals surface area contributed by atoms with Gasteiger partial charge in [0.2, 0.25) is 5.91 Å². The third-order valence-electron chi connectivity index (χ3n) is 5.08. The second kappa shape index (κ2) is 7.46. The molecule has 2 aliphatic heterocycles. The normalized spacial score (nSPS) is 18.0. The molecule has 0 saturated heterocycles. The summed E-state index contributed by atoms with van der Waals surface area (Å²) in [6, 6.07) is 11.5. The Morgan fingerprint density at radius 2 is 2.15 bits per heavy atom. The fourth-order valence-corrected chi connectivity index (χ4v) is 3.76. The number of halogens is 1. The van der Waals surface area contributed by atoms with Crippen molar-refractivity contribution in [1.29, 1.82) is 0 Å². The number of anilines is 2. The van der Waals surface area contributed by atoms with Crippen molar-refractivity contribution >= 4 is 29.7 Å². The number of hydrogen-bond acceptors (Lipinski definition) is 4. The molecule has 0 aliphatic carbocycles. The van der Waals surface area contributed by atoms with Crippen molar-refractivity contribution in [3.63, 3.8) is 0 Å². The van der Waals surface area contributed by atoms with Gasteiger partial charge in [0, 0.05) is 17.9 Å². The Morgan fingerprint density at radius 3 is 2.96 bits per heavy atom. The van der Waals surface area contributed by atoms with E-state index in [1.807, 2.05) is 41.3 Å². The van der Waals surface area contributed by atoms with Crippen LogP contribution in [0.2, 0.25) is 0 Å². The molecular formula is C20H23ClN2O3. The molecule has 0 fully saturated rings. The van der Waals surface area contributed by atoms with E-state index >= 15 is 0 Å². The minimum Gasteiger partial charge on any atom is -0.497 e. The molecule has 6 heteroatoms. The monoisotopic (exact) mass is 374 g/mol. The molecule has 0 saturated carbocycles. The maximum absolute atomic E-state index is 13.2. The zero-order valence-corrected chi connectivity index (χ0v) is 15.6. The van der Waals surface area contributed by atoms with Crippen LogP contribution in [0.1, 0.15) is 17.5 Å². The zero-order valence-electron chi connectivity index (χ0n) is 14.7. The predicted molar refractivity (Wildman–Crippen MR) is 104 cm³/mol. The Bertz CT molecular complexity index is 825. The van der Waals surface area contributed by atoms with Gasteiger partial charge in [-0.15, -0.1) is 12.4 Å². The predicted octanol–water partition coefficient (Wildman–Crippen LogP) is 3.23. The maximum atomic E-state index is 13.2. The van der Waals surface area contributed by atoms with Crippen molar-refractivity contribution in [2.75, 3.05) is 30.9 Å². The summed E-state index contributed by atoms with van der Waals surface area (Å²) >= 11 is 0. The van der Waals surface area contributed by atoms with Gasteiger partial charge in [-0.05, 0) is 60.7 Å². The lowest BCUT2D eigenvalue weighted by Gasteiger charge is -2.34. The number of ether oxygens (including phenoxy) is 2. The number of carbonyl (C=O) groups is 1. The molecule has 0 spiro atoms. The molecule has 0 aromatic heterocycles. The summed E-state index contributed by atoms with van der Waals surface area (Å²) in [6.45, 7) is 1.14. The largest absolute Gasteiger partial charge is 0.497 e. The van der Waals surface area contributed by atoms with Crippen molar-refractivity contribution in [2.24, 2.45) is 5.92 Å². The van der Waals surface area contributed by atoms with Gasteiger partial charge in [0.05, 0.1) is 13.0 Å². The van der Waals surface area contributed by atoms with Gasteiger partial charge in [0.15, 0.2) is 0 Å². The quantitative estimate of drug-likeness (QED) is 0.819. The van der Waals surface area contributed by atoms with Crippen LogP contribution in [0.3, 0.4) is 0 Å². The molecule has 4 rings (SSSR count). The fourth-order valence-electron chi connectivity index (χ4n) is 3.76. The van der Waals surface area contributed by atoms with E-state index < -0.39 is 0 Å². The molecule has 1 atom stereocenters. The number of nitrogens with zero attached hydrogens (tertiary/aromatic N) is 1. The molecule has 26 heavy (non-hydrogen) atoms. The molecule has 0 radical (unpaired) electrons. The Hall–Kier alpha value is -2.40. The van der Waals surface area contributed by atoms with E-state index in [9.17, 15) is 4.79 Å². The molecule has 1 amide bonds. The van der Waals surface area contributed by atoms with Gasteiger partial charge >= 0.3 is 0 Å². The van der Waals surface area contributed by atoms with E-state index in [0.29, 0.717) is 13.0 Å². The zero-order chi connectivity index (χ0) is 17.4. The Morgan fingerprint density at radius 1 is 1.31 bits per heavy atom. The van der Waals surface area contributed by atoms with E-state index in [-0.39, 0.29) is 24.2 Å². The first-order chi connectivity index (χ1) is 12.2. The van der Waals surface area contributed by atoms with Gasteiger partial charge in [-0.1, -0.05) is 6.07 Å². The standard InChI is InChI=1S/C20H22N2O3.ClH/c1-24-15-7-8-19-13(11-15)10-14(12-25-19)20(23)22-9-3-4-16-17(21)5-2-6-18(16)22;/h2,5-8,11,14H,3-4,9-10,12,21H2,1H3;1H. The Kier molecular flexibility index (Phi) is 5.28. The molecular weight excluding hydrogens is 352 g/mol. The van der Waals surface area contributed by atoms with Crippen LogP contribution in [0.5, 0.6) is 11.5 Å². The first-order valence-corrected chi connectivity index (χ1v) is 8.66. The van der Waals surface area contributed by atoms with Gasteiger partial charge in [0.25, 0.3) is 0 Å². The third kappa shape index (κ3) is 3.19. The van der Waals surface area contributed by atoms with Crippen LogP contribution in [0.15, 0.2) is 36.4 Å². The van der Waals surface area contributed by atoms with Crippen molar-refractivity contribution in [1.82, 2.24) is 0 Å². The van der Waals surface area contributed by atoms with Crippen LogP contribution in [0.4, 0.5) is 11.4 Å². The highest BCUT2D eigenvalue weighted by Crippen LogP contribution is 2.35. The summed E-state index contributed by atoms with van der Waals surface area (Å²) in [7, 11) is 1.64. The van der Waals surface area contributed by atoms with E-state index in [0.717, 1.165) is 53.4 Å². The molecule has 0 bridgehead atoms. The highest BCUT2D eigenvalue weighted by Gasteiger charge is 2.32. The van der Waals surface area contributed by atoms with Crippen LogP contribution in [-0.2, 0) is 17.6 Å². The highest BCUT2D eigenvalue weighted by molar-refractivity contribution is 5.97. The van der Waals surface area contributed by atoms with E-state index in [2.05, 4.69) is 0 Å². The highest BCUT2D eigenvalue weighted by atomic mass is 35.5. The fraction of sp³-hybridized carbons (Fsp3) is 0.350. The maximum Gasteiger partial charge on any atom is 0.233 e. The lowest BCUT2D eigenvalue weighted by Crippen LogP contribution is -2.43. The van der Waals surface area contributed by atoms with Crippen molar-refractivity contribution < 1.29 is 14.3 Å². The van der Waals surface area contributed by atoms with Gasteiger partial charge in [-0.2, -0.15) is 0 Å². The van der Waals surface area contributed by atoms with E-state index in [1.165, 1.54) is 0 Å². The number of fused-ring (bicyclic) bond motifs is 2. The van der Waals surface area contributed by atoms with Crippen LogP contribution in [0, 0.1) is 5.92 Å². The molecule has 2 heterocycles.